The highest BCUT2D eigenvalue weighted by Gasteiger charge is 2.12. The van der Waals surface area contributed by atoms with Crippen molar-refractivity contribution in [1.29, 1.82) is 0 Å². The first-order chi connectivity index (χ1) is 6.69. The Hall–Kier alpha value is -0.875. The molecule has 0 aliphatic rings. The van der Waals surface area contributed by atoms with Gasteiger partial charge in [0.05, 0.1) is 13.2 Å². The second-order valence-corrected chi connectivity index (χ2v) is 3.10. The Morgan fingerprint density at radius 2 is 1.50 bits per heavy atom. The van der Waals surface area contributed by atoms with Gasteiger partial charge in [0, 0.05) is 5.92 Å². The van der Waals surface area contributed by atoms with E-state index in [4.69, 9.17) is 20.3 Å². The molecule has 14 heavy (non-hydrogen) atoms. The number of hydrogen-bond donors (Lipinski definition) is 4. The van der Waals surface area contributed by atoms with E-state index in [0.717, 1.165) is 5.56 Å². The molecule has 1 aromatic carbocycles. The van der Waals surface area contributed by atoms with Crippen LogP contribution < -0.4 is 5.46 Å². The molecule has 0 aromatic heterocycles. The average Bonchev–Trinajstić information content (AvgIpc) is 2.20. The van der Waals surface area contributed by atoms with Crippen molar-refractivity contribution >= 4 is 12.6 Å². The largest absolute Gasteiger partial charge is 0.488 e. The van der Waals surface area contributed by atoms with Crippen LogP contribution >= 0.6 is 0 Å². The van der Waals surface area contributed by atoms with E-state index in [1.165, 1.54) is 0 Å². The Morgan fingerprint density at radius 1 is 1.00 bits per heavy atom. The van der Waals surface area contributed by atoms with Gasteiger partial charge in [-0.2, -0.15) is 0 Å². The molecule has 4 N–H and O–H groups in total. The van der Waals surface area contributed by atoms with Gasteiger partial charge in [-0.25, -0.2) is 0 Å². The lowest BCUT2D eigenvalue weighted by atomic mass is 9.79. The van der Waals surface area contributed by atoms with E-state index in [9.17, 15) is 0 Å². The van der Waals surface area contributed by atoms with Crippen molar-refractivity contribution in [2.75, 3.05) is 13.2 Å². The molecule has 76 valence electrons. The van der Waals surface area contributed by atoms with E-state index in [-0.39, 0.29) is 19.1 Å². The summed E-state index contributed by atoms with van der Waals surface area (Å²) < 4.78 is 0. The Balaban J connectivity index is 2.81. The quantitative estimate of drug-likeness (QED) is 0.439. The minimum Gasteiger partial charge on any atom is -0.423 e. The third-order valence-electron chi connectivity index (χ3n) is 2.15. The molecule has 0 spiro atoms. The smallest absolute Gasteiger partial charge is 0.423 e. The van der Waals surface area contributed by atoms with Gasteiger partial charge in [0.1, 0.15) is 0 Å². The van der Waals surface area contributed by atoms with Crippen molar-refractivity contribution in [2.24, 2.45) is 0 Å². The van der Waals surface area contributed by atoms with Gasteiger partial charge in [-0.3, -0.25) is 0 Å². The first kappa shape index (κ1) is 11.2. The fourth-order valence-corrected chi connectivity index (χ4v) is 1.21. The highest BCUT2D eigenvalue weighted by Crippen LogP contribution is 2.12. The lowest BCUT2D eigenvalue weighted by Gasteiger charge is -2.11. The fraction of sp³-hybridized carbons (Fsp3) is 0.333. The average molecular weight is 196 g/mol. The van der Waals surface area contributed by atoms with E-state index in [1.807, 2.05) is 0 Å². The monoisotopic (exact) mass is 196 g/mol. The van der Waals surface area contributed by atoms with Gasteiger partial charge in [0.25, 0.3) is 0 Å². The van der Waals surface area contributed by atoms with E-state index in [0.29, 0.717) is 5.46 Å². The van der Waals surface area contributed by atoms with Crippen LogP contribution in [0.3, 0.4) is 0 Å². The van der Waals surface area contributed by atoms with E-state index in [2.05, 4.69) is 0 Å². The van der Waals surface area contributed by atoms with Gasteiger partial charge < -0.3 is 20.3 Å². The Morgan fingerprint density at radius 3 is 1.86 bits per heavy atom. The highest BCUT2D eigenvalue weighted by molar-refractivity contribution is 6.58. The first-order valence-corrected chi connectivity index (χ1v) is 4.36. The minimum atomic E-state index is -1.48. The predicted molar refractivity (Wildman–Crippen MR) is 53.2 cm³/mol. The van der Waals surface area contributed by atoms with Crippen LogP contribution in [0.25, 0.3) is 0 Å². The maximum Gasteiger partial charge on any atom is 0.488 e. The molecule has 1 rings (SSSR count). The van der Waals surface area contributed by atoms with Crippen LogP contribution in [0.1, 0.15) is 11.5 Å². The van der Waals surface area contributed by atoms with Gasteiger partial charge in [-0.1, -0.05) is 24.3 Å². The summed E-state index contributed by atoms with van der Waals surface area (Å²) >= 11 is 0. The molecule has 0 bridgehead atoms. The van der Waals surface area contributed by atoms with Crippen LogP contribution in [0, 0.1) is 0 Å². The molecule has 0 atom stereocenters. The normalized spacial score (nSPS) is 10.6. The molecular weight excluding hydrogens is 183 g/mol. The summed E-state index contributed by atoms with van der Waals surface area (Å²) in [7, 11) is -1.48. The van der Waals surface area contributed by atoms with Gasteiger partial charge in [0.15, 0.2) is 0 Å². The molecular formula is C9H13BO4. The number of aliphatic hydroxyl groups is 2. The highest BCUT2D eigenvalue weighted by atomic mass is 16.4. The molecule has 0 fully saturated rings. The van der Waals surface area contributed by atoms with Crippen LogP contribution in [-0.2, 0) is 0 Å². The topological polar surface area (TPSA) is 80.9 Å². The summed E-state index contributed by atoms with van der Waals surface area (Å²) in [5.74, 6) is -0.306. The zero-order valence-corrected chi connectivity index (χ0v) is 7.67. The standard InChI is InChI=1S/C9H13BO4/c11-5-8(6-12)7-1-3-9(4-2-7)10(13)14/h1-4,8,11-14H,5-6H2. The molecule has 0 radical (unpaired) electrons. The molecule has 0 aliphatic heterocycles. The molecule has 1 aromatic rings. The lowest BCUT2D eigenvalue weighted by Crippen LogP contribution is -2.29. The molecule has 0 unspecified atom stereocenters. The van der Waals surface area contributed by atoms with E-state index < -0.39 is 7.12 Å². The van der Waals surface area contributed by atoms with E-state index >= 15 is 0 Å². The third kappa shape index (κ3) is 2.56. The van der Waals surface area contributed by atoms with Crippen LogP contribution in [0.5, 0.6) is 0 Å². The van der Waals surface area contributed by atoms with Crippen molar-refractivity contribution in [3.63, 3.8) is 0 Å². The summed E-state index contributed by atoms with van der Waals surface area (Å²) in [6.45, 7) is -0.255. The van der Waals surface area contributed by atoms with Crippen LogP contribution in [-0.4, -0.2) is 40.6 Å². The Labute approximate surface area is 82.6 Å². The molecule has 0 aliphatic carbocycles. The second kappa shape index (κ2) is 5.12. The SMILES string of the molecule is OCC(CO)c1ccc(B(O)O)cc1. The van der Waals surface area contributed by atoms with Crippen molar-refractivity contribution in [2.45, 2.75) is 5.92 Å². The number of hydrogen-bond acceptors (Lipinski definition) is 4. The zero-order valence-electron chi connectivity index (χ0n) is 7.67. The van der Waals surface area contributed by atoms with Crippen LogP contribution in [0.4, 0.5) is 0 Å². The number of aliphatic hydroxyl groups excluding tert-OH is 2. The molecule has 0 heterocycles. The molecule has 0 saturated carbocycles. The first-order valence-electron chi connectivity index (χ1n) is 4.36. The van der Waals surface area contributed by atoms with Crippen molar-refractivity contribution < 1.29 is 20.3 Å². The summed E-state index contributed by atoms with van der Waals surface area (Å²) in [6.07, 6.45) is 0. The predicted octanol–water partition coefficient (Wildman–Crippen LogP) is -1.57. The maximum absolute atomic E-state index is 8.90. The summed E-state index contributed by atoms with van der Waals surface area (Å²) in [5, 5.41) is 35.4. The van der Waals surface area contributed by atoms with Gasteiger partial charge in [-0.15, -0.1) is 0 Å². The van der Waals surface area contributed by atoms with Gasteiger partial charge in [-0.05, 0) is 11.0 Å². The van der Waals surface area contributed by atoms with Crippen molar-refractivity contribution in [3.8, 4) is 0 Å². The van der Waals surface area contributed by atoms with E-state index in [1.54, 1.807) is 24.3 Å². The summed E-state index contributed by atoms with van der Waals surface area (Å²) in [6, 6.07) is 6.42. The Kier molecular flexibility index (Phi) is 4.09. The molecule has 0 amide bonds. The van der Waals surface area contributed by atoms with Crippen LogP contribution in [0.2, 0.25) is 0 Å². The maximum atomic E-state index is 8.90. The van der Waals surface area contributed by atoms with Gasteiger partial charge >= 0.3 is 7.12 Å². The Bertz CT molecular complexity index is 269. The summed E-state index contributed by atoms with van der Waals surface area (Å²) in [4.78, 5) is 0. The van der Waals surface area contributed by atoms with Crippen LogP contribution in [0.15, 0.2) is 24.3 Å². The van der Waals surface area contributed by atoms with Crippen molar-refractivity contribution in [3.05, 3.63) is 29.8 Å². The molecule has 5 heteroatoms. The zero-order chi connectivity index (χ0) is 10.6. The fourth-order valence-electron chi connectivity index (χ4n) is 1.21. The van der Waals surface area contributed by atoms with Crippen molar-refractivity contribution in [1.82, 2.24) is 0 Å². The number of rotatable bonds is 4. The third-order valence-corrected chi connectivity index (χ3v) is 2.15. The molecule has 0 saturated heterocycles. The molecule has 4 nitrogen and oxygen atoms in total. The van der Waals surface area contributed by atoms with Gasteiger partial charge in [0.2, 0.25) is 0 Å². The summed E-state index contributed by atoms with van der Waals surface area (Å²) in [5.41, 5.74) is 1.17. The lowest BCUT2D eigenvalue weighted by molar-refractivity contribution is 0.192. The second-order valence-electron chi connectivity index (χ2n) is 3.10. The number of benzene rings is 1. The minimum absolute atomic E-state index is 0.127.